The molecule has 2 rings (SSSR count). The van der Waals surface area contributed by atoms with Gasteiger partial charge in [0.1, 0.15) is 10.8 Å². The fourth-order valence-electron chi connectivity index (χ4n) is 1.55. The number of benzene rings is 1. The highest BCUT2D eigenvalue weighted by Gasteiger charge is 2.15. The number of hydrogen-bond acceptors (Lipinski definition) is 3. The molecule has 1 aromatic carbocycles. The van der Waals surface area contributed by atoms with Gasteiger partial charge < -0.3 is 9.84 Å². The summed E-state index contributed by atoms with van der Waals surface area (Å²) >= 11 is 5.96. The molecule has 4 nitrogen and oxygen atoms in total. The summed E-state index contributed by atoms with van der Waals surface area (Å²) in [6, 6.07) is 6.88. The number of pyridine rings is 1. The van der Waals surface area contributed by atoms with Crippen LogP contribution in [0.15, 0.2) is 30.5 Å². The number of nitrogens with zero attached hydrogens (tertiary/aromatic N) is 1. The molecule has 0 bridgehead atoms. The van der Waals surface area contributed by atoms with Crippen LogP contribution in [0, 0.1) is 13.8 Å². The number of hydrogen-bond donors (Lipinski definition) is 1. The molecule has 5 heteroatoms. The molecule has 2 aromatic rings. The van der Waals surface area contributed by atoms with Gasteiger partial charge in [-0.2, -0.15) is 0 Å². The Morgan fingerprint density at radius 3 is 2.63 bits per heavy atom. The van der Waals surface area contributed by atoms with E-state index in [9.17, 15) is 4.79 Å². The van der Waals surface area contributed by atoms with E-state index in [4.69, 9.17) is 21.4 Å². The van der Waals surface area contributed by atoms with Crippen LogP contribution in [0.5, 0.6) is 11.6 Å². The first-order chi connectivity index (χ1) is 8.99. The Kier molecular flexibility index (Phi) is 3.71. The first-order valence-corrected chi connectivity index (χ1v) is 5.99. The van der Waals surface area contributed by atoms with Crippen molar-refractivity contribution >= 4 is 17.6 Å². The van der Waals surface area contributed by atoms with Crippen molar-refractivity contribution in [3.8, 4) is 11.6 Å². The van der Waals surface area contributed by atoms with E-state index in [1.165, 1.54) is 12.3 Å². The Morgan fingerprint density at radius 2 is 2.00 bits per heavy atom. The molecule has 0 spiro atoms. The molecule has 98 valence electrons. The standard InChI is InChI=1S/C14H12ClNO3/c1-8-3-4-10(7-9(8)2)19-13-12(15)11(14(17)18)5-6-16-13/h3-7H,1-2H3,(H,17,18). The molecule has 0 saturated carbocycles. The first kappa shape index (κ1) is 13.4. The minimum Gasteiger partial charge on any atom is -0.478 e. The van der Waals surface area contributed by atoms with Gasteiger partial charge in [-0.3, -0.25) is 0 Å². The predicted molar refractivity (Wildman–Crippen MR) is 72.2 cm³/mol. The lowest BCUT2D eigenvalue weighted by Crippen LogP contribution is -2.00. The summed E-state index contributed by atoms with van der Waals surface area (Å²) in [7, 11) is 0. The molecule has 1 heterocycles. The zero-order valence-corrected chi connectivity index (χ0v) is 11.2. The van der Waals surface area contributed by atoms with Crippen molar-refractivity contribution in [3.63, 3.8) is 0 Å². The molecule has 0 aliphatic heterocycles. The van der Waals surface area contributed by atoms with Crippen LogP contribution >= 0.6 is 11.6 Å². The molecule has 0 aliphatic rings. The molecule has 1 aromatic heterocycles. The molecule has 19 heavy (non-hydrogen) atoms. The van der Waals surface area contributed by atoms with Crippen molar-refractivity contribution in [1.82, 2.24) is 4.98 Å². The largest absolute Gasteiger partial charge is 0.478 e. The van der Waals surface area contributed by atoms with Gasteiger partial charge in [0.25, 0.3) is 0 Å². The molecule has 0 atom stereocenters. The van der Waals surface area contributed by atoms with E-state index < -0.39 is 5.97 Å². The van der Waals surface area contributed by atoms with Crippen molar-refractivity contribution < 1.29 is 14.6 Å². The van der Waals surface area contributed by atoms with Crippen LogP contribution in [-0.4, -0.2) is 16.1 Å². The molecule has 1 N–H and O–H groups in total. The topological polar surface area (TPSA) is 59.4 Å². The van der Waals surface area contributed by atoms with Crippen LogP contribution in [-0.2, 0) is 0 Å². The fourth-order valence-corrected chi connectivity index (χ4v) is 1.78. The summed E-state index contributed by atoms with van der Waals surface area (Å²) in [6.45, 7) is 3.96. The predicted octanol–water partition coefficient (Wildman–Crippen LogP) is 3.84. The monoisotopic (exact) mass is 277 g/mol. The summed E-state index contributed by atoms with van der Waals surface area (Å²) in [6.07, 6.45) is 1.35. The normalized spacial score (nSPS) is 10.3. The number of carboxylic acid groups (broad SMARTS) is 1. The minimum atomic E-state index is -1.11. The van der Waals surface area contributed by atoms with Crippen molar-refractivity contribution in [2.24, 2.45) is 0 Å². The third kappa shape index (κ3) is 2.85. The average Bonchev–Trinajstić information content (AvgIpc) is 2.36. The van der Waals surface area contributed by atoms with E-state index in [2.05, 4.69) is 4.98 Å². The lowest BCUT2D eigenvalue weighted by molar-refractivity contribution is 0.0696. The lowest BCUT2D eigenvalue weighted by atomic mass is 10.1. The van der Waals surface area contributed by atoms with Gasteiger partial charge in [0.15, 0.2) is 0 Å². The summed E-state index contributed by atoms with van der Waals surface area (Å²) in [5.41, 5.74) is 2.18. The van der Waals surface area contributed by atoms with Crippen LogP contribution in [0.25, 0.3) is 0 Å². The third-order valence-corrected chi connectivity index (χ3v) is 3.15. The quantitative estimate of drug-likeness (QED) is 0.926. The highest BCUT2D eigenvalue weighted by atomic mass is 35.5. The Morgan fingerprint density at radius 1 is 1.26 bits per heavy atom. The Labute approximate surface area is 115 Å². The van der Waals surface area contributed by atoms with Crippen molar-refractivity contribution in [2.75, 3.05) is 0 Å². The van der Waals surface area contributed by atoms with Gasteiger partial charge in [-0.15, -0.1) is 0 Å². The molecule has 0 saturated heterocycles. The van der Waals surface area contributed by atoms with E-state index in [-0.39, 0.29) is 16.5 Å². The van der Waals surface area contributed by atoms with Gasteiger partial charge in [-0.25, -0.2) is 9.78 Å². The number of aromatic nitrogens is 1. The molecular weight excluding hydrogens is 266 g/mol. The summed E-state index contributed by atoms with van der Waals surface area (Å²) < 4.78 is 5.53. The molecule has 0 fully saturated rings. The van der Waals surface area contributed by atoms with E-state index in [1.807, 2.05) is 26.0 Å². The zero-order valence-electron chi connectivity index (χ0n) is 10.5. The zero-order chi connectivity index (χ0) is 14.0. The van der Waals surface area contributed by atoms with Gasteiger partial charge in [-0.05, 0) is 43.2 Å². The number of aryl methyl sites for hydroxylation is 2. The van der Waals surface area contributed by atoms with Crippen LogP contribution in [0.1, 0.15) is 21.5 Å². The second-order valence-corrected chi connectivity index (χ2v) is 4.51. The maximum absolute atomic E-state index is 11.0. The summed E-state index contributed by atoms with van der Waals surface area (Å²) in [4.78, 5) is 14.9. The smallest absolute Gasteiger partial charge is 0.337 e. The molecule has 0 unspecified atom stereocenters. The Balaban J connectivity index is 2.35. The first-order valence-electron chi connectivity index (χ1n) is 5.62. The summed E-state index contributed by atoms with van der Waals surface area (Å²) in [5.74, 6) is -0.456. The van der Waals surface area contributed by atoms with E-state index in [1.54, 1.807) is 6.07 Å². The number of halogens is 1. The number of ether oxygens (including phenoxy) is 1. The van der Waals surface area contributed by atoms with Crippen LogP contribution < -0.4 is 4.74 Å². The van der Waals surface area contributed by atoms with Gasteiger partial charge in [0.05, 0.1) is 5.56 Å². The number of rotatable bonds is 3. The Hall–Kier alpha value is -2.07. The number of carbonyl (C=O) groups is 1. The highest BCUT2D eigenvalue weighted by molar-refractivity contribution is 6.34. The van der Waals surface area contributed by atoms with E-state index in [0.717, 1.165) is 11.1 Å². The van der Waals surface area contributed by atoms with Crippen molar-refractivity contribution in [3.05, 3.63) is 52.2 Å². The van der Waals surface area contributed by atoms with E-state index in [0.29, 0.717) is 5.75 Å². The summed E-state index contributed by atoms with van der Waals surface area (Å²) in [5, 5.41) is 8.96. The second kappa shape index (κ2) is 5.28. The SMILES string of the molecule is Cc1ccc(Oc2nccc(C(=O)O)c2Cl)cc1C. The fraction of sp³-hybridized carbons (Fsp3) is 0.143. The molecular formula is C14H12ClNO3. The lowest BCUT2D eigenvalue weighted by Gasteiger charge is -2.09. The number of carboxylic acids is 1. The number of aromatic carboxylic acids is 1. The van der Waals surface area contributed by atoms with Crippen LogP contribution in [0.4, 0.5) is 0 Å². The van der Waals surface area contributed by atoms with Crippen molar-refractivity contribution in [1.29, 1.82) is 0 Å². The van der Waals surface area contributed by atoms with Gasteiger partial charge >= 0.3 is 5.97 Å². The van der Waals surface area contributed by atoms with Gasteiger partial charge in [0.2, 0.25) is 5.88 Å². The van der Waals surface area contributed by atoms with Crippen LogP contribution in [0.3, 0.4) is 0 Å². The van der Waals surface area contributed by atoms with Gasteiger partial charge in [0, 0.05) is 6.20 Å². The van der Waals surface area contributed by atoms with Gasteiger partial charge in [-0.1, -0.05) is 17.7 Å². The molecule has 0 amide bonds. The van der Waals surface area contributed by atoms with E-state index >= 15 is 0 Å². The van der Waals surface area contributed by atoms with Crippen LogP contribution in [0.2, 0.25) is 5.02 Å². The Bertz CT molecular complexity index is 641. The molecule has 0 aliphatic carbocycles. The second-order valence-electron chi connectivity index (χ2n) is 4.13. The minimum absolute atomic E-state index is 0.00627. The third-order valence-electron chi connectivity index (χ3n) is 2.78. The maximum atomic E-state index is 11.0. The maximum Gasteiger partial charge on any atom is 0.337 e. The average molecular weight is 278 g/mol. The molecule has 0 radical (unpaired) electrons. The highest BCUT2D eigenvalue weighted by Crippen LogP contribution is 2.30. The van der Waals surface area contributed by atoms with Crippen molar-refractivity contribution in [2.45, 2.75) is 13.8 Å².